The molecule has 2 amide bonds. The number of unbranched alkanes of at least 4 members (excludes halogenated alkanes) is 2. The van der Waals surface area contributed by atoms with Crippen molar-refractivity contribution in [3.63, 3.8) is 0 Å². The zero-order chi connectivity index (χ0) is 18.2. The Morgan fingerprint density at radius 2 is 1.92 bits per heavy atom. The third kappa shape index (κ3) is 6.99. The summed E-state index contributed by atoms with van der Waals surface area (Å²) >= 11 is 0. The van der Waals surface area contributed by atoms with Gasteiger partial charge in [-0.05, 0) is 24.6 Å². The first-order chi connectivity index (χ1) is 11.2. The Labute approximate surface area is 143 Å². The SMILES string of the molecule is CCCCCNC(=O)CN(c1cccc(NC(C)=O)c1)S(C)(=O)=O. The maximum atomic E-state index is 12.0. The summed E-state index contributed by atoms with van der Waals surface area (Å²) in [5.74, 6) is -0.617. The van der Waals surface area contributed by atoms with E-state index in [2.05, 4.69) is 17.6 Å². The molecule has 0 bridgehead atoms. The molecule has 0 saturated heterocycles. The maximum absolute atomic E-state index is 12.0. The lowest BCUT2D eigenvalue weighted by Crippen LogP contribution is -2.40. The normalized spacial score (nSPS) is 11.0. The summed E-state index contributed by atoms with van der Waals surface area (Å²) in [7, 11) is -3.63. The minimum Gasteiger partial charge on any atom is -0.355 e. The summed E-state index contributed by atoms with van der Waals surface area (Å²) in [5.41, 5.74) is 0.796. The van der Waals surface area contributed by atoms with Crippen LogP contribution in [0.1, 0.15) is 33.1 Å². The van der Waals surface area contributed by atoms with Crippen molar-refractivity contribution in [3.05, 3.63) is 24.3 Å². The highest BCUT2D eigenvalue weighted by Gasteiger charge is 2.21. The molecule has 0 unspecified atom stereocenters. The Bertz CT molecular complexity index is 674. The van der Waals surface area contributed by atoms with Crippen molar-refractivity contribution in [1.29, 1.82) is 0 Å². The van der Waals surface area contributed by atoms with Gasteiger partial charge in [0.2, 0.25) is 21.8 Å². The number of nitrogens with zero attached hydrogens (tertiary/aromatic N) is 1. The van der Waals surface area contributed by atoms with E-state index in [0.29, 0.717) is 17.9 Å². The molecule has 0 heterocycles. The summed E-state index contributed by atoms with van der Waals surface area (Å²) in [6, 6.07) is 6.37. The highest BCUT2D eigenvalue weighted by molar-refractivity contribution is 7.92. The van der Waals surface area contributed by atoms with Crippen LogP contribution in [-0.2, 0) is 19.6 Å². The molecule has 0 fully saturated rings. The van der Waals surface area contributed by atoms with Crippen LogP contribution in [0.5, 0.6) is 0 Å². The highest BCUT2D eigenvalue weighted by Crippen LogP contribution is 2.21. The van der Waals surface area contributed by atoms with Crippen LogP contribution in [-0.4, -0.2) is 39.6 Å². The number of hydrogen-bond donors (Lipinski definition) is 2. The molecule has 1 aromatic rings. The molecule has 24 heavy (non-hydrogen) atoms. The van der Waals surface area contributed by atoms with E-state index < -0.39 is 10.0 Å². The van der Waals surface area contributed by atoms with Crippen LogP contribution in [0.15, 0.2) is 24.3 Å². The van der Waals surface area contributed by atoms with Crippen molar-refractivity contribution >= 4 is 33.2 Å². The average Bonchev–Trinajstić information content (AvgIpc) is 2.47. The number of hydrogen-bond acceptors (Lipinski definition) is 4. The van der Waals surface area contributed by atoms with Crippen LogP contribution in [0, 0.1) is 0 Å². The number of nitrogens with one attached hydrogen (secondary N) is 2. The van der Waals surface area contributed by atoms with Gasteiger partial charge in [0.05, 0.1) is 11.9 Å². The molecule has 0 aliphatic carbocycles. The quantitative estimate of drug-likeness (QED) is 0.659. The minimum atomic E-state index is -3.63. The molecule has 1 aromatic carbocycles. The number of carbonyl (C=O) groups is 2. The van der Waals surface area contributed by atoms with Gasteiger partial charge in [-0.3, -0.25) is 13.9 Å². The van der Waals surface area contributed by atoms with E-state index in [-0.39, 0.29) is 18.4 Å². The van der Waals surface area contributed by atoms with Gasteiger partial charge in [-0.25, -0.2) is 8.42 Å². The van der Waals surface area contributed by atoms with Crippen molar-refractivity contribution in [2.24, 2.45) is 0 Å². The maximum Gasteiger partial charge on any atom is 0.240 e. The summed E-state index contributed by atoms with van der Waals surface area (Å²) in [6.07, 6.45) is 3.96. The standard InChI is InChI=1S/C16H25N3O4S/c1-4-5-6-10-17-16(21)12-19(24(3,22)23)15-9-7-8-14(11-15)18-13(2)20/h7-9,11H,4-6,10,12H2,1-3H3,(H,17,21)(H,18,20). The Balaban J connectivity index is 2.87. The van der Waals surface area contributed by atoms with Crippen molar-refractivity contribution in [1.82, 2.24) is 5.32 Å². The fraction of sp³-hybridized carbons (Fsp3) is 0.500. The van der Waals surface area contributed by atoms with E-state index in [0.717, 1.165) is 29.8 Å². The first kappa shape index (κ1) is 20.0. The predicted octanol–water partition coefficient (Wildman–Crippen LogP) is 1.72. The zero-order valence-electron chi connectivity index (χ0n) is 14.3. The van der Waals surface area contributed by atoms with Crippen molar-refractivity contribution in [2.45, 2.75) is 33.1 Å². The minimum absolute atomic E-state index is 0.258. The molecule has 0 aromatic heterocycles. The summed E-state index contributed by atoms with van der Waals surface area (Å²) in [4.78, 5) is 23.1. The molecular formula is C16H25N3O4S. The molecule has 134 valence electrons. The van der Waals surface area contributed by atoms with E-state index in [4.69, 9.17) is 0 Å². The van der Waals surface area contributed by atoms with Gasteiger partial charge in [0.25, 0.3) is 0 Å². The van der Waals surface area contributed by atoms with Crippen LogP contribution < -0.4 is 14.9 Å². The lowest BCUT2D eigenvalue weighted by atomic mass is 10.2. The van der Waals surface area contributed by atoms with Crippen molar-refractivity contribution < 1.29 is 18.0 Å². The molecule has 0 aliphatic heterocycles. The van der Waals surface area contributed by atoms with Gasteiger partial charge >= 0.3 is 0 Å². The van der Waals surface area contributed by atoms with E-state index in [1.807, 2.05) is 0 Å². The number of amides is 2. The van der Waals surface area contributed by atoms with E-state index in [9.17, 15) is 18.0 Å². The Morgan fingerprint density at radius 3 is 2.50 bits per heavy atom. The molecule has 0 atom stereocenters. The lowest BCUT2D eigenvalue weighted by Gasteiger charge is -2.22. The van der Waals surface area contributed by atoms with Crippen molar-refractivity contribution in [2.75, 3.05) is 29.0 Å². The number of sulfonamides is 1. The number of anilines is 2. The van der Waals surface area contributed by atoms with Gasteiger partial charge in [0.15, 0.2) is 0 Å². The van der Waals surface area contributed by atoms with Gasteiger partial charge in [-0.15, -0.1) is 0 Å². The second kappa shape index (κ2) is 9.27. The Morgan fingerprint density at radius 1 is 1.21 bits per heavy atom. The second-order valence-electron chi connectivity index (χ2n) is 5.56. The molecule has 7 nitrogen and oxygen atoms in total. The monoisotopic (exact) mass is 355 g/mol. The molecule has 0 radical (unpaired) electrons. The van der Waals surface area contributed by atoms with Crippen molar-refractivity contribution in [3.8, 4) is 0 Å². The van der Waals surface area contributed by atoms with Gasteiger partial charge in [0.1, 0.15) is 6.54 Å². The van der Waals surface area contributed by atoms with Crippen LogP contribution in [0.2, 0.25) is 0 Å². The average molecular weight is 355 g/mol. The topological polar surface area (TPSA) is 95.6 Å². The second-order valence-corrected chi connectivity index (χ2v) is 7.47. The fourth-order valence-electron chi connectivity index (χ4n) is 2.13. The van der Waals surface area contributed by atoms with Gasteiger partial charge in [-0.2, -0.15) is 0 Å². The Hall–Kier alpha value is -2.09. The summed E-state index contributed by atoms with van der Waals surface area (Å²) < 4.78 is 25.1. The van der Waals surface area contributed by atoms with Crippen LogP contribution in [0.3, 0.4) is 0 Å². The van der Waals surface area contributed by atoms with E-state index in [1.165, 1.54) is 13.0 Å². The van der Waals surface area contributed by atoms with Crippen LogP contribution in [0.4, 0.5) is 11.4 Å². The largest absolute Gasteiger partial charge is 0.355 e. The third-order valence-electron chi connectivity index (χ3n) is 3.24. The van der Waals surface area contributed by atoms with Crippen LogP contribution in [0.25, 0.3) is 0 Å². The Kier molecular flexibility index (Phi) is 7.70. The molecule has 0 aliphatic rings. The van der Waals surface area contributed by atoms with Gasteiger partial charge in [-0.1, -0.05) is 25.8 Å². The first-order valence-corrected chi connectivity index (χ1v) is 9.71. The number of benzene rings is 1. The number of carbonyl (C=O) groups excluding carboxylic acids is 2. The van der Waals surface area contributed by atoms with E-state index in [1.54, 1.807) is 18.2 Å². The molecule has 1 rings (SSSR count). The van der Waals surface area contributed by atoms with E-state index >= 15 is 0 Å². The van der Waals surface area contributed by atoms with Gasteiger partial charge < -0.3 is 10.6 Å². The zero-order valence-corrected chi connectivity index (χ0v) is 15.1. The molecule has 8 heteroatoms. The lowest BCUT2D eigenvalue weighted by molar-refractivity contribution is -0.119. The van der Waals surface area contributed by atoms with Crippen LogP contribution >= 0.6 is 0 Å². The first-order valence-electron chi connectivity index (χ1n) is 7.86. The fourth-order valence-corrected chi connectivity index (χ4v) is 2.98. The highest BCUT2D eigenvalue weighted by atomic mass is 32.2. The molecular weight excluding hydrogens is 330 g/mol. The smallest absolute Gasteiger partial charge is 0.240 e. The predicted molar refractivity (Wildman–Crippen MR) is 95.5 cm³/mol. The molecule has 2 N–H and O–H groups in total. The van der Waals surface area contributed by atoms with Gasteiger partial charge in [0, 0.05) is 19.2 Å². The summed E-state index contributed by atoms with van der Waals surface area (Å²) in [5, 5.41) is 5.31. The third-order valence-corrected chi connectivity index (χ3v) is 4.39. The summed E-state index contributed by atoms with van der Waals surface area (Å²) in [6.45, 7) is 3.66. The molecule has 0 saturated carbocycles. The number of rotatable bonds is 9. The molecule has 0 spiro atoms.